The molecule has 0 aliphatic heterocycles. The lowest BCUT2D eigenvalue weighted by Crippen LogP contribution is -2.40. The molecule has 0 aliphatic rings. The van der Waals surface area contributed by atoms with E-state index in [1.165, 1.54) is 12.3 Å². The fraction of sp³-hybridized carbons (Fsp3) is 0.200. The third-order valence-electron chi connectivity index (χ3n) is 5.04. The predicted molar refractivity (Wildman–Crippen MR) is 116 cm³/mol. The van der Waals surface area contributed by atoms with Crippen LogP contribution in [0.4, 0.5) is 14.5 Å². The molecule has 0 fully saturated rings. The van der Waals surface area contributed by atoms with Crippen LogP contribution in [0.2, 0.25) is 0 Å². The average Bonchev–Trinajstić information content (AvgIpc) is 2.79. The number of nitrogens with zero attached hydrogens (tertiary/aromatic N) is 1. The average molecular weight is 436 g/mol. The van der Waals surface area contributed by atoms with Crippen molar-refractivity contribution in [3.63, 3.8) is 0 Å². The van der Waals surface area contributed by atoms with E-state index in [0.29, 0.717) is 11.6 Å². The number of nitrogens with one attached hydrogen (secondary N) is 1. The first kappa shape index (κ1) is 22.9. The lowest BCUT2D eigenvalue weighted by Gasteiger charge is -2.26. The van der Waals surface area contributed by atoms with Crippen molar-refractivity contribution >= 4 is 23.2 Å². The molecular weight excluding hydrogens is 414 g/mol. The lowest BCUT2D eigenvalue weighted by molar-refractivity contribution is -0.133. The standard InChI is InChI=1S/C25H22F2N2O3/c1-15(2)23(30)22(25(32)29-19-12-11-17(26)14-18(19)27)21(16-8-4-3-5-9-16)24(31)20-10-6-7-13-28-20/h3-15,21-22H,1-2H3,(H,29,32). The Labute approximate surface area is 184 Å². The summed E-state index contributed by atoms with van der Waals surface area (Å²) in [5.74, 6) is -6.84. The van der Waals surface area contributed by atoms with E-state index in [4.69, 9.17) is 0 Å². The van der Waals surface area contributed by atoms with Crippen molar-refractivity contribution in [3.8, 4) is 0 Å². The predicted octanol–water partition coefficient (Wildman–Crippen LogP) is 4.81. The van der Waals surface area contributed by atoms with Crippen LogP contribution in [0.5, 0.6) is 0 Å². The highest BCUT2D eigenvalue weighted by molar-refractivity contribution is 6.14. The molecule has 2 aromatic carbocycles. The molecule has 2 unspecified atom stereocenters. The third kappa shape index (κ3) is 5.11. The topological polar surface area (TPSA) is 76.1 Å². The zero-order chi connectivity index (χ0) is 23.3. The van der Waals surface area contributed by atoms with Gasteiger partial charge in [-0.25, -0.2) is 8.78 Å². The molecule has 0 bridgehead atoms. The Kier molecular flexibility index (Phi) is 7.20. The lowest BCUT2D eigenvalue weighted by atomic mass is 9.76. The molecule has 2 atom stereocenters. The van der Waals surface area contributed by atoms with Crippen LogP contribution in [0.15, 0.2) is 72.9 Å². The van der Waals surface area contributed by atoms with Gasteiger partial charge in [0.05, 0.1) is 11.6 Å². The molecule has 5 nitrogen and oxygen atoms in total. The summed E-state index contributed by atoms with van der Waals surface area (Å²) >= 11 is 0. The van der Waals surface area contributed by atoms with Crippen LogP contribution in [0, 0.1) is 23.5 Å². The summed E-state index contributed by atoms with van der Waals surface area (Å²) in [7, 11) is 0. The van der Waals surface area contributed by atoms with E-state index in [-0.39, 0.29) is 11.4 Å². The van der Waals surface area contributed by atoms with Gasteiger partial charge in [-0.15, -0.1) is 0 Å². The summed E-state index contributed by atoms with van der Waals surface area (Å²) in [4.78, 5) is 44.0. The number of halogens is 2. The van der Waals surface area contributed by atoms with E-state index < -0.39 is 46.9 Å². The Hall–Kier alpha value is -3.74. The summed E-state index contributed by atoms with van der Waals surface area (Å²) in [5, 5.41) is 2.36. The zero-order valence-corrected chi connectivity index (χ0v) is 17.6. The Morgan fingerprint density at radius 3 is 2.19 bits per heavy atom. The highest BCUT2D eigenvalue weighted by Crippen LogP contribution is 2.32. The van der Waals surface area contributed by atoms with Gasteiger partial charge in [-0.2, -0.15) is 0 Å². The van der Waals surface area contributed by atoms with Crippen LogP contribution in [-0.2, 0) is 9.59 Å². The maximum atomic E-state index is 14.2. The number of rotatable bonds is 8. The molecule has 7 heteroatoms. The van der Waals surface area contributed by atoms with Gasteiger partial charge in [0.15, 0.2) is 5.78 Å². The summed E-state index contributed by atoms with van der Waals surface area (Å²) in [6, 6.07) is 15.9. The molecule has 32 heavy (non-hydrogen) atoms. The molecule has 164 valence electrons. The number of aromatic nitrogens is 1. The SMILES string of the molecule is CC(C)C(=O)C(C(=O)Nc1ccc(F)cc1F)C(C(=O)c1ccccn1)c1ccccc1. The number of pyridine rings is 1. The number of benzene rings is 2. The number of hydrogen-bond acceptors (Lipinski definition) is 4. The Morgan fingerprint density at radius 1 is 0.906 bits per heavy atom. The molecule has 0 saturated heterocycles. The molecule has 3 rings (SSSR count). The Bertz CT molecular complexity index is 1120. The second-order valence-corrected chi connectivity index (χ2v) is 7.62. The van der Waals surface area contributed by atoms with Crippen LogP contribution in [-0.4, -0.2) is 22.5 Å². The number of ketones is 2. The van der Waals surface area contributed by atoms with Crippen LogP contribution in [0.1, 0.15) is 35.8 Å². The quantitative estimate of drug-likeness (QED) is 0.406. The van der Waals surface area contributed by atoms with Crippen molar-refractivity contribution in [2.45, 2.75) is 19.8 Å². The van der Waals surface area contributed by atoms with E-state index in [1.54, 1.807) is 56.3 Å². The molecule has 1 heterocycles. The molecule has 1 N–H and O–H groups in total. The molecule has 1 aromatic heterocycles. The van der Waals surface area contributed by atoms with Crippen LogP contribution in [0.3, 0.4) is 0 Å². The van der Waals surface area contributed by atoms with Gasteiger partial charge in [0, 0.05) is 18.2 Å². The first-order chi connectivity index (χ1) is 15.3. The zero-order valence-electron chi connectivity index (χ0n) is 17.6. The minimum atomic E-state index is -1.45. The number of carbonyl (C=O) groups is 3. The fourth-order valence-electron chi connectivity index (χ4n) is 3.43. The molecule has 0 aliphatic carbocycles. The summed E-state index contributed by atoms with van der Waals surface area (Å²) in [6.07, 6.45) is 1.45. The number of hydrogen-bond donors (Lipinski definition) is 1. The highest BCUT2D eigenvalue weighted by Gasteiger charge is 2.41. The van der Waals surface area contributed by atoms with E-state index in [0.717, 1.165) is 12.1 Å². The number of anilines is 1. The van der Waals surface area contributed by atoms with Crippen molar-refractivity contribution in [2.24, 2.45) is 11.8 Å². The second-order valence-electron chi connectivity index (χ2n) is 7.62. The summed E-state index contributed by atoms with van der Waals surface area (Å²) < 4.78 is 27.4. The highest BCUT2D eigenvalue weighted by atomic mass is 19.1. The number of amides is 1. The maximum Gasteiger partial charge on any atom is 0.236 e. The van der Waals surface area contributed by atoms with Crippen LogP contribution < -0.4 is 5.32 Å². The maximum absolute atomic E-state index is 14.2. The van der Waals surface area contributed by atoms with Crippen molar-refractivity contribution in [3.05, 3.63) is 95.8 Å². The van der Waals surface area contributed by atoms with Crippen LogP contribution >= 0.6 is 0 Å². The largest absolute Gasteiger partial charge is 0.323 e. The van der Waals surface area contributed by atoms with Crippen LogP contribution in [0.25, 0.3) is 0 Å². The van der Waals surface area contributed by atoms with Crippen molar-refractivity contribution in [2.75, 3.05) is 5.32 Å². The molecule has 0 spiro atoms. The van der Waals surface area contributed by atoms with E-state index >= 15 is 0 Å². The molecule has 0 radical (unpaired) electrons. The minimum absolute atomic E-state index is 0.101. The van der Waals surface area contributed by atoms with Gasteiger partial charge in [0.2, 0.25) is 5.91 Å². The van der Waals surface area contributed by atoms with E-state index in [9.17, 15) is 23.2 Å². The van der Waals surface area contributed by atoms with E-state index in [1.807, 2.05) is 0 Å². The van der Waals surface area contributed by atoms with Crippen molar-refractivity contribution in [1.29, 1.82) is 0 Å². The van der Waals surface area contributed by atoms with Gasteiger partial charge in [-0.3, -0.25) is 19.4 Å². The molecule has 3 aromatic rings. The summed E-state index contributed by atoms with van der Waals surface area (Å²) in [6.45, 7) is 3.24. The van der Waals surface area contributed by atoms with Crippen molar-refractivity contribution in [1.82, 2.24) is 4.98 Å². The number of carbonyl (C=O) groups excluding carboxylic acids is 3. The second kappa shape index (κ2) is 10.0. The van der Waals surface area contributed by atoms with Gasteiger partial charge >= 0.3 is 0 Å². The van der Waals surface area contributed by atoms with Gasteiger partial charge in [0.1, 0.15) is 29.0 Å². The van der Waals surface area contributed by atoms with Gasteiger partial charge in [0.25, 0.3) is 0 Å². The molecular formula is C25H22F2N2O3. The Morgan fingerprint density at radius 2 is 1.59 bits per heavy atom. The number of Topliss-reactive ketones (excluding diaryl/α,β-unsaturated/α-hetero) is 2. The van der Waals surface area contributed by atoms with Gasteiger partial charge in [-0.1, -0.05) is 50.2 Å². The summed E-state index contributed by atoms with van der Waals surface area (Å²) in [5.41, 5.74) is 0.274. The fourth-order valence-corrected chi connectivity index (χ4v) is 3.43. The minimum Gasteiger partial charge on any atom is -0.323 e. The van der Waals surface area contributed by atoms with Crippen molar-refractivity contribution < 1.29 is 23.2 Å². The van der Waals surface area contributed by atoms with E-state index in [2.05, 4.69) is 10.3 Å². The van der Waals surface area contributed by atoms with Gasteiger partial charge < -0.3 is 5.32 Å². The normalized spacial score (nSPS) is 12.8. The first-order valence-corrected chi connectivity index (χ1v) is 10.1. The first-order valence-electron chi connectivity index (χ1n) is 10.1. The smallest absolute Gasteiger partial charge is 0.236 e. The van der Waals surface area contributed by atoms with Gasteiger partial charge in [-0.05, 0) is 29.8 Å². The monoisotopic (exact) mass is 436 g/mol. The third-order valence-corrected chi connectivity index (χ3v) is 5.04. The molecule has 0 saturated carbocycles. The Balaban J connectivity index is 2.09. The molecule has 1 amide bonds.